The largest absolute Gasteiger partial charge is 0.486 e. The molecular weight excluding hydrogens is 342 g/mol. The van der Waals surface area contributed by atoms with Crippen molar-refractivity contribution in [2.24, 2.45) is 0 Å². The summed E-state index contributed by atoms with van der Waals surface area (Å²) in [6.07, 6.45) is 3.10. The lowest BCUT2D eigenvalue weighted by Crippen LogP contribution is -2.37. The van der Waals surface area contributed by atoms with Crippen molar-refractivity contribution in [3.63, 3.8) is 0 Å². The number of rotatable bonds is 6. The van der Waals surface area contributed by atoms with Crippen LogP contribution in [0.15, 0.2) is 36.5 Å². The Hall–Kier alpha value is -2.47. The third-order valence-electron chi connectivity index (χ3n) is 3.75. The topological polar surface area (TPSA) is 72.5 Å². The van der Waals surface area contributed by atoms with E-state index >= 15 is 0 Å². The number of benzene rings is 1. The molecule has 132 valence electrons. The number of hydrogen-bond acceptors (Lipinski definition) is 4. The SMILES string of the molecule is O=C(NCCc1cc(Cl)c2c(c1)OCCO2)NCCc1ccccn1. The summed E-state index contributed by atoms with van der Waals surface area (Å²) >= 11 is 6.20. The molecule has 2 N–H and O–H groups in total. The van der Waals surface area contributed by atoms with E-state index in [1.54, 1.807) is 6.20 Å². The number of nitrogens with zero attached hydrogens (tertiary/aromatic N) is 1. The monoisotopic (exact) mass is 361 g/mol. The zero-order valence-corrected chi connectivity index (χ0v) is 14.5. The molecule has 7 heteroatoms. The first-order valence-corrected chi connectivity index (χ1v) is 8.60. The highest BCUT2D eigenvalue weighted by atomic mass is 35.5. The molecule has 1 aromatic heterocycles. The summed E-state index contributed by atoms with van der Waals surface area (Å²) in [5.74, 6) is 1.26. The summed E-state index contributed by atoms with van der Waals surface area (Å²) in [4.78, 5) is 16.0. The number of aromatic nitrogens is 1. The van der Waals surface area contributed by atoms with Crippen LogP contribution in [0.1, 0.15) is 11.3 Å². The summed E-state index contributed by atoms with van der Waals surface area (Å²) in [6.45, 7) is 2.07. The molecule has 2 heterocycles. The van der Waals surface area contributed by atoms with E-state index in [0.717, 1.165) is 11.3 Å². The van der Waals surface area contributed by atoms with Crippen LogP contribution in [-0.4, -0.2) is 37.3 Å². The van der Waals surface area contributed by atoms with Crippen LogP contribution in [-0.2, 0) is 12.8 Å². The van der Waals surface area contributed by atoms with Gasteiger partial charge in [0.1, 0.15) is 13.2 Å². The van der Waals surface area contributed by atoms with Crippen molar-refractivity contribution in [3.8, 4) is 11.5 Å². The number of nitrogens with one attached hydrogen (secondary N) is 2. The van der Waals surface area contributed by atoms with Gasteiger partial charge in [-0.2, -0.15) is 0 Å². The fourth-order valence-corrected chi connectivity index (χ4v) is 2.83. The van der Waals surface area contributed by atoms with Crippen molar-refractivity contribution in [1.82, 2.24) is 15.6 Å². The van der Waals surface area contributed by atoms with Crippen LogP contribution in [0.25, 0.3) is 0 Å². The van der Waals surface area contributed by atoms with Crippen LogP contribution < -0.4 is 20.1 Å². The van der Waals surface area contributed by atoms with Gasteiger partial charge in [0.2, 0.25) is 0 Å². The predicted octanol–water partition coefficient (Wildman–Crippen LogP) is 2.59. The highest BCUT2D eigenvalue weighted by Gasteiger charge is 2.16. The molecule has 1 aliphatic heterocycles. The molecule has 6 nitrogen and oxygen atoms in total. The number of ether oxygens (including phenoxy) is 2. The lowest BCUT2D eigenvalue weighted by Gasteiger charge is -2.20. The minimum Gasteiger partial charge on any atom is -0.486 e. The zero-order chi connectivity index (χ0) is 17.5. The van der Waals surface area contributed by atoms with E-state index in [9.17, 15) is 4.79 Å². The second-order valence-electron chi connectivity index (χ2n) is 5.61. The zero-order valence-electron chi connectivity index (χ0n) is 13.8. The first kappa shape index (κ1) is 17.4. The Morgan fingerprint density at radius 1 is 1.12 bits per heavy atom. The van der Waals surface area contributed by atoms with Gasteiger partial charge in [0, 0.05) is 31.4 Å². The fraction of sp³-hybridized carbons (Fsp3) is 0.333. The molecule has 2 aromatic rings. The quantitative estimate of drug-likeness (QED) is 0.829. The lowest BCUT2D eigenvalue weighted by molar-refractivity contribution is 0.171. The van der Waals surface area contributed by atoms with Gasteiger partial charge in [-0.1, -0.05) is 17.7 Å². The highest BCUT2D eigenvalue weighted by Crippen LogP contribution is 2.38. The molecule has 1 aliphatic rings. The van der Waals surface area contributed by atoms with Crippen molar-refractivity contribution >= 4 is 17.6 Å². The Balaban J connectivity index is 1.40. The number of amides is 2. The van der Waals surface area contributed by atoms with Crippen LogP contribution in [0.3, 0.4) is 0 Å². The number of urea groups is 1. The number of hydrogen-bond donors (Lipinski definition) is 2. The first-order chi connectivity index (χ1) is 12.2. The third kappa shape index (κ3) is 5.00. The molecule has 0 spiro atoms. The number of carbonyl (C=O) groups is 1. The average Bonchev–Trinajstić information content (AvgIpc) is 2.63. The van der Waals surface area contributed by atoms with E-state index in [-0.39, 0.29) is 6.03 Å². The van der Waals surface area contributed by atoms with Crippen LogP contribution in [0.5, 0.6) is 11.5 Å². The van der Waals surface area contributed by atoms with E-state index < -0.39 is 0 Å². The van der Waals surface area contributed by atoms with Gasteiger partial charge in [0.05, 0.1) is 5.02 Å². The normalized spacial score (nSPS) is 12.5. The Bertz CT molecular complexity index is 725. The summed E-state index contributed by atoms with van der Waals surface area (Å²) in [5, 5.41) is 6.18. The summed E-state index contributed by atoms with van der Waals surface area (Å²) in [7, 11) is 0. The van der Waals surface area contributed by atoms with Gasteiger partial charge in [0.15, 0.2) is 11.5 Å². The van der Waals surface area contributed by atoms with Crippen molar-refractivity contribution < 1.29 is 14.3 Å². The van der Waals surface area contributed by atoms with E-state index in [1.807, 2.05) is 30.3 Å². The molecule has 0 atom stereocenters. The van der Waals surface area contributed by atoms with E-state index in [4.69, 9.17) is 21.1 Å². The number of pyridine rings is 1. The summed E-state index contributed by atoms with van der Waals surface area (Å²) in [6, 6.07) is 9.29. The lowest BCUT2D eigenvalue weighted by atomic mass is 10.1. The molecule has 0 radical (unpaired) electrons. The molecule has 0 saturated heterocycles. The van der Waals surface area contributed by atoms with E-state index in [2.05, 4.69) is 15.6 Å². The van der Waals surface area contributed by atoms with Gasteiger partial charge in [0.25, 0.3) is 0 Å². The van der Waals surface area contributed by atoms with Crippen molar-refractivity contribution in [2.45, 2.75) is 12.8 Å². The van der Waals surface area contributed by atoms with Crippen LogP contribution in [0.2, 0.25) is 5.02 Å². The van der Waals surface area contributed by atoms with Gasteiger partial charge < -0.3 is 20.1 Å². The maximum Gasteiger partial charge on any atom is 0.314 e. The van der Waals surface area contributed by atoms with Gasteiger partial charge in [-0.25, -0.2) is 4.79 Å². The van der Waals surface area contributed by atoms with Crippen molar-refractivity contribution in [2.75, 3.05) is 26.3 Å². The summed E-state index contributed by atoms with van der Waals surface area (Å²) < 4.78 is 11.0. The Morgan fingerprint density at radius 2 is 1.92 bits per heavy atom. The Kier molecular flexibility index (Phi) is 5.95. The number of halogens is 1. The first-order valence-electron chi connectivity index (χ1n) is 8.22. The molecular formula is C18H20ClN3O3. The molecule has 0 saturated carbocycles. The van der Waals surface area contributed by atoms with Crippen molar-refractivity contribution in [3.05, 3.63) is 52.8 Å². The molecule has 2 amide bonds. The smallest absolute Gasteiger partial charge is 0.314 e. The minimum atomic E-state index is -0.195. The predicted molar refractivity (Wildman–Crippen MR) is 95.5 cm³/mol. The van der Waals surface area contributed by atoms with Crippen molar-refractivity contribution in [1.29, 1.82) is 0 Å². The van der Waals surface area contributed by atoms with Gasteiger partial charge in [-0.05, 0) is 36.2 Å². The molecule has 1 aromatic carbocycles. The van der Waals surface area contributed by atoms with Gasteiger partial charge >= 0.3 is 6.03 Å². The van der Waals surface area contributed by atoms with E-state index in [1.165, 1.54) is 0 Å². The molecule has 3 rings (SSSR count). The summed E-state index contributed by atoms with van der Waals surface area (Å²) in [5.41, 5.74) is 1.94. The molecule has 0 unspecified atom stereocenters. The maximum absolute atomic E-state index is 11.8. The fourth-order valence-electron chi connectivity index (χ4n) is 2.54. The second kappa shape index (κ2) is 8.58. The molecule has 0 fully saturated rings. The highest BCUT2D eigenvalue weighted by molar-refractivity contribution is 6.32. The van der Waals surface area contributed by atoms with Crippen LogP contribution in [0, 0.1) is 0 Å². The average molecular weight is 362 g/mol. The molecule has 0 aliphatic carbocycles. The maximum atomic E-state index is 11.8. The van der Waals surface area contributed by atoms with Crippen LogP contribution in [0.4, 0.5) is 4.79 Å². The van der Waals surface area contributed by atoms with Gasteiger partial charge in [-0.15, -0.1) is 0 Å². The minimum absolute atomic E-state index is 0.195. The molecule has 25 heavy (non-hydrogen) atoms. The molecule has 0 bridgehead atoms. The second-order valence-corrected chi connectivity index (χ2v) is 6.01. The van der Waals surface area contributed by atoms with Gasteiger partial charge in [-0.3, -0.25) is 4.98 Å². The number of fused-ring (bicyclic) bond motifs is 1. The third-order valence-corrected chi connectivity index (χ3v) is 4.03. The Morgan fingerprint density at radius 3 is 2.72 bits per heavy atom. The standard InChI is InChI=1S/C18H20ClN3O3/c19-15-11-13(12-16-17(15)25-10-9-24-16)4-7-21-18(23)22-8-5-14-3-1-2-6-20-14/h1-3,6,11-12H,4-5,7-10H2,(H2,21,22,23). The van der Waals surface area contributed by atoms with E-state index in [0.29, 0.717) is 55.7 Å². The Labute approximate surface area is 151 Å². The van der Waals surface area contributed by atoms with Crippen LogP contribution >= 0.6 is 11.6 Å². The number of carbonyl (C=O) groups excluding carboxylic acids is 1.